The summed E-state index contributed by atoms with van der Waals surface area (Å²) in [6.45, 7) is 6.05. The Morgan fingerprint density at radius 3 is 2.64 bits per heavy atom. The second-order valence-corrected chi connectivity index (χ2v) is 9.92. The predicted octanol–water partition coefficient (Wildman–Crippen LogP) is 2.87. The van der Waals surface area contributed by atoms with E-state index in [1.165, 1.54) is 10.4 Å². The second-order valence-electron chi connectivity index (χ2n) is 7.99. The maximum atomic E-state index is 13.7. The molecule has 1 spiro atoms. The zero-order valence-corrected chi connectivity index (χ0v) is 16.8. The van der Waals surface area contributed by atoms with Gasteiger partial charge in [0, 0.05) is 25.0 Å². The fraction of sp³-hybridized carbons (Fsp3) is 0.429. The van der Waals surface area contributed by atoms with E-state index >= 15 is 0 Å². The highest BCUT2D eigenvalue weighted by molar-refractivity contribution is 7.95. The molecule has 0 N–H and O–H groups in total. The third-order valence-corrected chi connectivity index (χ3v) is 7.24. The molecule has 7 heteroatoms. The average Bonchev–Trinajstić information content (AvgIpc) is 2.83. The van der Waals surface area contributed by atoms with Crippen molar-refractivity contribution in [3.8, 4) is 0 Å². The van der Waals surface area contributed by atoms with Crippen LogP contribution in [0.25, 0.3) is 0 Å². The minimum atomic E-state index is -3.47. The van der Waals surface area contributed by atoms with Gasteiger partial charge < -0.3 is 9.29 Å². The summed E-state index contributed by atoms with van der Waals surface area (Å²) in [7, 11) is -3.47. The number of hydrogen-bond acceptors (Lipinski definition) is 4. The Morgan fingerprint density at radius 2 is 1.93 bits per heavy atom. The molecule has 0 aromatic heterocycles. The van der Waals surface area contributed by atoms with E-state index in [-0.39, 0.29) is 11.2 Å². The Balaban J connectivity index is 1.45. The van der Waals surface area contributed by atoms with E-state index in [0.29, 0.717) is 37.7 Å². The van der Waals surface area contributed by atoms with Crippen molar-refractivity contribution in [3.05, 3.63) is 65.5 Å². The Hall–Kier alpha value is -1.64. The lowest BCUT2D eigenvalue weighted by Gasteiger charge is -2.49. The van der Waals surface area contributed by atoms with E-state index in [2.05, 4.69) is 4.90 Å². The molecule has 2 aliphatic rings. The number of hydrogen-bond donors (Lipinski definition) is 0. The van der Waals surface area contributed by atoms with E-state index in [4.69, 9.17) is 4.74 Å². The smallest absolute Gasteiger partial charge is 0.175 e. The first kappa shape index (κ1) is 19.7. The van der Waals surface area contributed by atoms with E-state index < -0.39 is 10.4 Å². The second kappa shape index (κ2) is 7.65. The van der Waals surface area contributed by atoms with Gasteiger partial charge in [-0.3, -0.25) is 4.90 Å². The molecule has 28 heavy (non-hydrogen) atoms. The monoisotopic (exact) mass is 404 g/mol. The van der Waals surface area contributed by atoms with Gasteiger partial charge in [0.05, 0.1) is 26.3 Å². The van der Waals surface area contributed by atoms with Crippen molar-refractivity contribution >= 4 is 10.4 Å². The zero-order valence-electron chi connectivity index (χ0n) is 16.0. The van der Waals surface area contributed by atoms with Crippen LogP contribution in [0.5, 0.6) is 0 Å². The molecule has 0 saturated carbocycles. The maximum absolute atomic E-state index is 13.7. The Kier molecular flexibility index (Phi) is 5.37. The lowest BCUT2D eigenvalue weighted by atomic mass is 9.82. The molecule has 2 saturated heterocycles. The third-order valence-electron chi connectivity index (χ3n) is 5.43. The van der Waals surface area contributed by atoms with Gasteiger partial charge in [-0.2, -0.15) is 0 Å². The molecule has 150 valence electrons. The van der Waals surface area contributed by atoms with Crippen LogP contribution in [0, 0.1) is 18.2 Å². The normalized spacial score (nSPS) is 22.4. The fourth-order valence-electron chi connectivity index (χ4n) is 4.18. The SMILES string of the molecule is Cc1cc(F)cc(CN2CCOCC3(C2)CN([S+](=O)([O-])c2ccccc2)C3)c1. The van der Waals surface area contributed by atoms with Gasteiger partial charge >= 0.3 is 0 Å². The summed E-state index contributed by atoms with van der Waals surface area (Å²) in [5, 5.41) is 0. The van der Waals surface area contributed by atoms with E-state index in [1.807, 2.05) is 19.1 Å². The number of ether oxygens (including phenoxy) is 1. The van der Waals surface area contributed by atoms with Gasteiger partial charge in [0.15, 0.2) is 15.3 Å². The highest BCUT2D eigenvalue weighted by Crippen LogP contribution is 2.39. The van der Waals surface area contributed by atoms with Gasteiger partial charge in [0.1, 0.15) is 5.82 Å². The Morgan fingerprint density at radius 1 is 1.18 bits per heavy atom. The molecule has 2 fully saturated rings. The van der Waals surface area contributed by atoms with Gasteiger partial charge in [-0.05, 0) is 42.3 Å². The molecule has 0 amide bonds. The van der Waals surface area contributed by atoms with Crippen molar-refractivity contribution in [2.75, 3.05) is 39.4 Å². The summed E-state index contributed by atoms with van der Waals surface area (Å²) in [6, 6.07) is 13.6. The number of halogens is 1. The van der Waals surface area contributed by atoms with Crippen LogP contribution < -0.4 is 0 Å². The van der Waals surface area contributed by atoms with Crippen molar-refractivity contribution in [2.45, 2.75) is 18.4 Å². The molecule has 1 unspecified atom stereocenters. The van der Waals surface area contributed by atoms with Crippen LogP contribution in [-0.2, 0) is 25.9 Å². The van der Waals surface area contributed by atoms with Crippen LogP contribution >= 0.6 is 0 Å². The summed E-state index contributed by atoms with van der Waals surface area (Å²) in [5.41, 5.74) is 1.63. The van der Waals surface area contributed by atoms with Crippen molar-refractivity contribution in [1.29, 1.82) is 0 Å². The first-order valence-corrected chi connectivity index (χ1v) is 10.9. The van der Waals surface area contributed by atoms with Gasteiger partial charge in [0.25, 0.3) is 0 Å². The summed E-state index contributed by atoms with van der Waals surface area (Å²) >= 11 is 0. The molecule has 0 radical (unpaired) electrons. The van der Waals surface area contributed by atoms with Crippen LogP contribution in [0.4, 0.5) is 4.39 Å². The summed E-state index contributed by atoms with van der Waals surface area (Å²) < 4.78 is 46.7. The van der Waals surface area contributed by atoms with E-state index in [1.54, 1.807) is 30.3 Å². The first-order valence-electron chi connectivity index (χ1n) is 9.48. The summed E-state index contributed by atoms with van der Waals surface area (Å²) in [5.74, 6) is -0.223. The van der Waals surface area contributed by atoms with Crippen molar-refractivity contribution in [2.24, 2.45) is 5.41 Å². The number of rotatable bonds is 4. The lowest BCUT2D eigenvalue weighted by Crippen LogP contribution is -2.64. The van der Waals surface area contributed by atoms with E-state index in [9.17, 15) is 13.2 Å². The van der Waals surface area contributed by atoms with Crippen molar-refractivity contribution in [3.63, 3.8) is 0 Å². The van der Waals surface area contributed by atoms with Gasteiger partial charge in [-0.1, -0.05) is 28.5 Å². The van der Waals surface area contributed by atoms with Crippen LogP contribution in [0.15, 0.2) is 53.4 Å². The molecule has 1 atom stereocenters. The van der Waals surface area contributed by atoms with Crippen molar-refractivity contribution < 1.29 is 17.9 Å². The quantitative estimate of drug-likeness (QED) is 0.736. The minimum absolute atomic E-state index is 0.208. The standard InChI is InChI=1S/C21H25FN2O3S/c1-17-9-18(11-19(22)10-17)12-23-7-8-27-16-21(13-23)14-24(15-21)28(25,26)20-5-3-2-4-6-20/h2-6,9-11H,7-8,12-16H2,1H3. The van der Waals surface area contributed by atoms with Gasteiger partial charge in [0.2, 0.25) is 0 Å². The van der Waals surface area contributed by atoms with E-state index in [0.717, 1.165) is 24.2 Å². The number of nitrogens with zero attached hydrogens (tertiary/aromatic N) is 2. The zero-order chi connectivity index (χ0) is 19.8. The van der Waals surface area contributed by atoms with Crippen LogP contribution in [0.3, 0.4) is 0 Å². The maximum Gasteiger partial charge on any atom is 0.175 e. The largest absolute Gasteiger partial charge is 0.593 e. The lowest BCUT2D eigenvalue weighted by molar-refractivity contribution is -0.0207. The van der Waals surface area contributed by atoms with Crippen molar-refractivity contribution in [1.82, 2.24) is 9.21 Å². The third kappa shape index (κ3) is 4.04. The number of aryl methyl sites for hydroxylation is 1. The topological polar surface area (TPSA) is 55.8 Å². The van der Waals surface area contributed by atoms with Crippen LogP contribution in [0.2, 0.25) is 0 Å². The predicted molar refractivity (Wildman–Crippen MR) is 105 cm³/mol. The molecular weight excluding hydrogens is 379 g/mol. The van der Waals surface area contributed by atoms with Crippen LogP contribution in [-0.4, -0.2) is 53.2 Å². The van der Waals surface area contributed by atoms with Crippen LogP contribution in [0.1, 0.15) is 11.1 Å². The molecule has 2 heterocycles. The molecule has 2 aromatic rings. The molecule has 5 nitrogen and oxygen atoms in total. The Labute approximate surface area is 166 Å². The minimum Gasteiger partial charge on any atom is -0.593 e. The summed E-state index contributed by atoms with van der Waals surface area (Å²) in [4.78, 5) is 2.57. The Bertz CT molecular complexity index is 866. The highest BCUT2D eigenvalue weighted by Gasteiger charge is 2.53. The molecule has 0 aliphatic carbocycles. The molecule has 4 rings (SSSR count). The number of benzene rings is 2. The van der Waals surface area contributed by atoms with Gasteiger partial charge in [-0.25, -0.2) is 4.39 Å². The average molecular weight is 405 g/mol. The van der Waals surface area contributed by atoms with Gasteiger partial charge in [-0.15, -0.1) is 4.31 Å². The number of sulfonamides is 1. The first-order chi connectivity index (χ1) is 13.4. The molecule has 2 aliphatic heterocycles. The fourth-order valence-corrected chi connectivity index (χ4v) is 5.87. The summed E-state index contributed by atoms with van der Waals surface area (Å²) in [6.07, 6.45) is 0. The molecule has 0 bridgehead atoms. The molecule has 2 aromatic carbocycles. The molecular formula is C21H25FN2O3S. The highest BCUT2D eigenvalue weighted by atomic mass is 32.3.